The highest BCUT2D eigenvalue weighted by Gasteiger charge is 2.12. The Morgan fingerprint density at radius 3 is 2.42 bits per heavy atom. The van der Waals surface area contributed by atoms with Gasteiger partial charge in [0.15, 0.2) is 11.6 Å². The number of aromatic nitrogens is 2. The summed E-state index contributed by atoms with van der Waals surface area (Å²) < 4.78 is 4.72. The van der Waals surface area contributed by atoms with Crippen LogP contribution in [0.2, 0.25) is 0 Å². The smallest absolute Gasteiger partial charge is 0.313 e. The Hall–Kier alpha value is -2.74. The average Bonchev–Trinajstić information content (AvgIpc) is 2.62. The first-order valence-electron chi connectivity index (χ1n) is 8.00. The number of hydrogen-bond donors (Lipinski definition) is 1. The summed E-state index contributed by atoms with van der Waals surface area (Å²) in [5.41, 5.74) is 1.60. The van der Waals surface area contributed by atoms with Crippen LogP contribution in [0.15, 0.2) is 41.4 Å². The minimum Gasteiger partial charge on any atom is -0.466 e. The summed E-state index contributed by atoms with van der Waals surface area (Å²) in [5.74, 6) is -0.629. The molecule has 26 heavy (non-hydrogen) atoms. The van der Waals surface area contributed by atoms with E-state index in [1.54, 1.807) is 31.2 Å². The van der Waals surface area contributed by atoms with Crippen LogP contribution in [0.4, 0.5) is 5.82 Å². The SMILES string of the molecule is CCOC(=O)CC(=O)CSc1ccc(NC(=O)c2ccc(C)cc2)nn1. The van der Waals surface area contributed by atoms with E-state index in [4.69, 9.17) is 4.74 Å². The number of hydrogen-bond acceptors (Lipinski definition) is 7. The molecule has 0 aliphatic rings. The Bertz CT molecular complexity index is 776. The molecule has 2 rings (SSSR count). The molecular weight excluding hydrogens is 354 g/mol. The average molecular weight is 373 g/mol. The van der Waals surface area contributed by atoms with Crippen molar-refractivity contribution >= 4 is 35.2 Å². The molecule has 0 atom stereocenters. The van der Waals surface area contributed by atoms with Gasteiger partial charge in [-0.3, -0.25) is 14.4 Å². The maximum atomic E-state index is 12.1. The van der Waals surface area contributed by atoms with Gasteiger partial charge in [0, 0.05) is 5.56 Å². The van der Waals surface area contributed by atoms with E-state index in [9.17, 15) is 14.4 Å². The van der Waals surface area contributed by atoms with Crippen LogP contribution in [0.3, 0.4) is 0 Å². The summed E-state index contributed by atoms with van der Waals surface area (Å²) in [6.45, 7) is 3.88. The lowest BCUT2D eigenvalue weighted by Gasteiger charge is -2.05. The first kappa shape index (κ1) is 19.6. The number of nitrogens with zero attached hydrogens (tertiary/aromatic N) is 2. The normalized spacial score (nSPS) is 10.2. The number of thioether (sulfide) groups is 1. The van der Waals surface area contributed by atoms with E-state index in [1.165, 1.54) is 11.8 Å². The highest BCUT2D eigenvalue weighted by molar-refractivity contribution is 7.99. The number of amides is 1. The zero-order valence-corrected chi connectivity index (χ0v) is 15.3. The molecule has 0 bridgehead atoms. The Morgan fingerprint density at radius 2 is 1.81 bits per heavy atom. The Morgan fingerprint density at radius 1 is 1.08 bits per heavy atom. The van der Waals surface area contributed by atoms with Crippen molar-refractivity contribution in [2.45, 2.75) is 25.3 Å². The fourth-order valence-corrected chi connectivity index (χ4v) is 2.61. The number of ketones is 1. The number of carbonyl (C=O) groups is 3. The van der Waals surface area contributed by atoms with Gasteiger partial charge in [-0.1, -0.05) is 29.5 Å². The van der Waals surface area contributed by atoms with Gasteiger partial charge in [0.05, 0.1) is 12.4 Å². The summed E-state index contributed by atoms with van der Waals surface area (Å²) in [4.78, 5) is 35.0. The van der Waals surface area contributed by atoms with E-state index in [0.29, 0.717) is 16.4 Å². The van der Waals surface area contributed by atoms with Crippen molar-refractivity contribution in [3.8, 4) is 0 Å². The fraction of sp³-hybridized carbons (Fsp3) is 0.278. The maximum Gasteiger partial charge on any atom is 0.313 e. The molecule has 7 nitrogen and oxygen atoms in total. The maximum absolute atomic E-state index is 12.1. The number of esters is 1. The molecule has 1 aromatic carbocycles. The lowest BCUT2D eigenvalue weighted by atomic mass is 10.1. The second-order valence-corrected chi connectivity index (χ2v) is 6.38. The summed E-state index contributed by atoms with van der Waals surface area (Å²) in [7, 11) is 0. The molecule has 0 radical (unpaired) electrons. The van der Waals surface area contributed by atoms with E-state index in [0.717, 1.165) is 5.56 Å². The second-order valence-electron chi connectivity index (χ2n) is 5.39. The van der Waals surface area contributed by atoms with Gasteiger partial charge in [0.1, 0.15) is 11.4 Å². The van der Waals surface area contributed by atoms with Crippen molar-refractivity contribution in [1.82, 2.24) is 10.2 Å². The number of rotatable bonds is 8. The number of carbonyl (C=O) groups excluding carboxylic acids is 3. The van der Waals surface area contributed by atoms with Gasteiger partial charge in [0.25, 0.3) is 5.91 Å². The molecule has 1 amide bonds. The minimum absolute atomic E-state index is 0.0998. The van der Waals surface area contributed by atoms with E-state index < -0.39 is 5.97 Å². The van der Waals surface area contributed by atoms with E-state index >= 15 is 0 Å². The van der Waals surface area contributed by atoms with Crippen LogP contribution in [-0.4, -0.2) is 40.2 Å². The highest BCUT2D eigenvalue weighted by Crippen LogP contribution is 2.16. The molecule has 0 saturated carbocycles. The molecule has 1 N–H and O–H groups in total. The third-order valence-corrected chi connectivity index (χ3v) is 4.20. The van der Waals surface area contributed by atoms with Crippen molar-refractivity contribution < 1.29 is 19.1 Å². The van der Waals surface area contributed by atoms with Crippen LogP contribution in [0, 0.1) is 6.92 Å². The van der Waals surface area contributed by atoms with Crippen LogP contribution in [0.1, 0.15) is 29.3 Å². The molecular formula is C18H19N3O4S. The van der Waals surface area contributed by atoms with Crippen LogP contribution in [0.5, 0.6) is 0 Å². The standard InChI is InChI=1S/C18H19N3O4S/c1-3-25-17(23)10-14(22)11-26-16-9-8-15(20-21-16)19-18(24)13-6-4-12(2)5-7-13/h4-9H,3,10-11H2,1-2H3,(H,19,20,24). The zero-order chi connectivity index (χ0) is 18.9. The molecule has 2 aromatic rings. The van der Waals surface area contributed by atoms with Gasteiger partial charge in [-0.25, -0.2) is 0 Å². The van der Waals surface area contributed by atoms with E-state index in [-0.39, 0.29) is 30.5 Å². The topological polar surface area (TPSA) is 98.2 Å². The monoisotopic (exact) mass is 373 g/mol. The number of aryl methyl sites for hydroxylation is 1. The molecule has 0 aliphatic carbocycles. The predicted molar refractivity (Wildman–Crippen MR) is 98.1 cm³/mol. The second kappa shape index (κ2) is 9.67. The molecule has 0 aliphatic heterocycles. The summed E-state index contributed by atoms with van der Waals surface area (Å²) in [5, 5.41) is 11.1. The van der Waals surface area contributed by atoms with E-state index in [1.807, 2.05) is 19.1 Å². The largest absolute Gasteiger partial charge is 0.466 e. The molecule has 0 spiro atoms. The quantitative estimate of drug-likeness (QED) is 0.431. The van der Waals surface area contributed by atoms with Gasteiger partial charge < -0.3 is 10.1 Å². The molecule has 8 heteroatoms. The van der Waals surface area contributed by atoms with Gasteiger partial charge >= 0.3 is 5.97 Å². The number of nitrogens with one attached hydrogen (secondary N) is 1. The third-order valence-electron chi connectivity index (χ3n) is 3.22. The minimum atomic E-state index is -0.529. The van der Waals surface area contributed by atoms with Crippen LogP contribution in [0.25, 0.3) is 0 Å². The lowest BCUT2D eigenvalue weighted by molar-refractivity contribution is -0.145. The molecule has 0 saturated heterocycles. The van der Waals surface area contributed by atoms with Crippen molar-refractivity contribution in [2.75, 3.05) is 17.7 Å². The molecule has 1 aromatic heterocycles. The van der Waals surface area contributed by atoms with Gasteiger partial charge in [-0.2, -0.15) is 0 Å². The number of Topliss-reactive ketones (excluding diaryl/α,β-unsaturated/α-hetero) is 1. The first-order valence-corrected chi connectivity index (χ1v) is 8.98. The number of benzene rings is 1. The summed E-state index contributed by atoms with van der Waals surface area (Å²) in [6.07, 6.45) is -0.251. The van der Waals surface area contributed by atoms with Gasteiger partial charge in [-0.05, 0) is 38.1 Å². The van der Waals surface area contributed by atoms with Gasteiger partial charge in [0.2, 0.25) is 0 Å². The van der Waals surface area contributed by atoms with Crippen LogP contribution >= 0.6 is 11.8 Å². The van der Waals surface area contributed by atoms with Crippen LogP contribution in [-0.2, 0) is 14.3 Å². The van der Waals surface area contributed by atoms with Gasteiger partial charge in [-0.15, -0.1) is 10.2 Å². The zero-order valence-electron chi connectivity index (χ0n) is 14.5. The van der Waals surface area contributed by atoms with E-state index in [2.05, 4.69) is 15.5 Å². The lowest BCUT2D eigenvalue weighted by Crippen LogP contribution is -2.14. The molecule has 136 valence electrons. The molecule has 1 heterocycles. The Kier molecular flexibility index (Phi) is 7.28. The van der Waals surface area contributed by atoms with Crippen molar-refractivity contribution in [3.05, 3.63) is 47.5 Å². The number of ether oxygens (including phenoxy) is 1. The third kappa shape index (κ3) is 6.29. The first-order chi connectivity index (χ1) is 12.5. The Balaban J connectivity index is 1.84. The van der Waals surface area contributed by atoms with Crippen LogP contribution < -0.4 is 5.32 Å². The van der Waals surface area contributed by atoms with Crippen molar-refractivity contribution in [1.29, 1.82) is 0 Å². The Labute approximate surface area is 155 Å². The molecule has 0 unspecified atom stereocenters. The van der Waals surface area contributed by atoms with Crippen molar-refractivity contribution in [2.24, 2.45) is 0 Å². The predicted octanol–water partition coefficient (Wildman–Crippen LogP) is 2.65. The summed E-state index contributed by atoms with van der Waals surface area (Å²) >= 11 is 1.17. The molecule has 0 fully saturated rings. The van der Waals surface area contributed by atoms with Crippen molar-refractivity contribution in [3.63, 3.8) is 0 Å². The fourth-order valence-electron chi connectivity index (χ4n) is 1.94. The highest BCUT2D eigenvalue weighted by atomic mass is 32.2. The summed E-state index contributed by atoms with van der Waals surface area (Å²) in [6, 6.07) is 10.4. The number of anilines is 1.